The van der Waals surface area contributed by atoms with Gasteiger partial charge >= 0.3 is 0 Å². The summed E-state index contributed by atoms with van der Waals surface area (Å²) in [5.41, 5.74) is 6.72. The van der Waals surface area contributed by atoms with Crippen LogP contribution in [0.15, 0.2) is 51.7 Å². The maximum absolute atomic E-state index is 5.90. The Labute approximate surface area is 123 Å². The second-order valence-electron chi connectivity index (χ2n) is 3.70. The van der Waals surface area contributed by atoms with Crippen LogP contribution in [0.5, 0.6) is 5.75 Å². The zero-order chi connectivity index (χ0) is 13.0. The van der Waals surface area contributed by atoms with E-state index in [1.54, 1.807) is 12.4 Å². The van der Waals surface area contributed by atoms with E-state index in [0.717, 1.165) is 20.3 Å². The van der Waals surface area contributed by atoms with Gasteiger partial charge in [-0.3, -0.25) is 4.98 Å². The molecule has 1 atom stereocenters. The molecule has 1 aromatic carbocycles. The van der Waals surface area contributed by atoms with Crippen molar-refractivity contribution in [2.24, 2.45) is 5.73 Å². The molecule has 3 nitrogen and oxygen atoms in total. The fourth-order valence-electron chi connectivity index (χ4n) is 1.54. The Morgan fingerprint density at radius 1 is 1.28 bits per heavy atom. The fraction of sp³-hybridized carbons (Fsp3) is 0.154. The molecule has 2 N–H and O–H groups in total. The highest BCUT2D eigenvalue weighted by molar-refractivity contribution is 9.11. The summed E-state index contributed by atoms with van der Waals surface area (Å²) in [6.07, 6.45) is 3.30. The molecular weight excluding hydrogens is 360 g/mol. The van der Waals surface area contributed by atoms with E-state index >= 15 is 0 Å². The predicted octanol–water partition coefficient (Wildman–Crippen LogP) is 3.69. The number of benzene rings is 1. The summed E-state index contributed by atoms with van der Waals surface area (Å²) >= 11 is 6.87. The summed E-state index contributed by atoms with van der Waals surface area (Å²) < 4.78 is 7.78. The van der Waals surface area contributed by atoms with Gasteiger partial charge in [0.15, 0.2) is 0 Å². The van der Waals surface area contributed by atoms with Gasteiger partial charge in [-0.2, -0.15) is 0 Å². The van der Waals surface area contributed by atoms with Crippen LogP contribution in [0.2, 0.25) is 0 Å². The summed E-state index contributed by atoms with van der Waals surface area (Å²) in [7, 11) is 0. The van der Waals surface area contributed by atoms with Crippen LogP contribution < -0.4 is 10.5 Å². The van der Waals surface area contributed by atoms with E-state index in [4.69, 9.17) is 10.5 Å². The molecule has 1 heterocycles. The van der Waals surface area contributed by atoms with Gasteiger partial charge in [-0.25, -0.2) is 0 Å². The lowest BCUT2D eigenvalue weighted by Crippen LogP contribution is -2.18. The summed E-state index contributed by atoms with van der Waals surface area (Å²) in [5, 5.41) is 0. The standard InChI is InChI=1S/C13H12Br2N2O/c14-10-3-4-12(11(15)6-10)18-13(7-16)9-2-1-5-17-8-9/h1-6,8,13H,7,16H2. The normalized spacial score (nSPS) is 12.2. The number of hydrogen-bond acceptors (Lipinski definition) is 3. The maximum atomic E-state index is 5.90. The molecule has 18 heavy (non-hydrogen) atoms. The number of hydrogen-bond donors (Lipinski definition) is 1. The topological polar surface area (TPSA) is 48.1 Å². The average molecular weight is 372 g/mol. The lowest BCUT2D eigenvalue weighted by molar-refractivity contribution is 0.212. The number of pyridine rings is 1. The monoisotopic (exact) mass is 370 g/mol. The van der Waals surface area contributed by atoms with Gasteiger partial charge in [-0.1, -0.05) is 22.0 Å². The van der Waals surface area contributed by atoms with E-state index in [2.05, 4.69) is 36.8 Å². The first-order chi connectivity index (χ1) is 8.70. The van der Waals surface area contributed by atoms with Crippen molar-refractivity contribution < 1.29 is 4.74 Å². The van der Waals surface area contributed by atoms with Crippen LogP contribution in [-0.2, 0) is 0 Å². The Hall–Kier alpha value is -0.910. The molecular formula is C13H12Br2N2O. The molecule has 0 radical (unpaired) electrons. The Bertz CT molecular complexity index is 520. The highest BCUT2D eigenvalue weighted by Gasteiger charge is 2.13. The van der Waals surface area contributed by atoms with Gasteiger partial charge in [-0.05, 0) is 40.2 Å². The van der Waals surface area contributed by atoms with Gasteiger partial charge in [0.05, 0.1) is 4.47 Å². The Morgan fingerprint density at radius 2 is 2.11 bits per heavy atom. The van der Waals surface area contributed by atoms with Crippen molar-refractivity contribution >= 4 is 31.9 Å². The van der Waals surface area contributed by atoms with Gasteiger partial charge in [0.2, 0.25) is 0 Å². The van der Waals surface area contributed by atoms with Crippen molar-refractivity contribution in [1.82, 2.24) is 4.98 Å². The van der Waals surface area contributed by atoms with E-state index in [1.165, 1.54) is 0 Å². The predicted molar refractivity (Wildman–Crippen MR) is 78.5 cm³/mol. The average Bonchev–Trinajstić information content (AvgIpc) is 2.39. The summed E-state index contributed by atoms with van der Waals surface area (Å²) in [6.45, 7) is 0.397. The molecule has 5 heteroatoms. The number of nitrogens with two attached hydrogens (primary N) is 1. The highest BCUT2D eigenvalue weighted by atomic mass is 79.9. The van der Waals surface area contributed by atoms with Crippen molar-refractivity contribution in [2.45, 2.75) is 6.10 Å². The van der Waals surface area contributed by atoms with Crippen LogP contribution in [0.3, 0.4) is 0 Å². The van der Waals surface area contributed by atoms with Gasteiger partial charge in [-0.15, -0.1) is 0 Å². The first-order valence-corrected chi connectivity index (χ1v) is 7.01. The number of aromatic nitrogens is 1. The third-order valence-corrected chi connectivity index (χ3v) is 3.55. The molecule has 0 aliphatic heterocycles. The zero-order valence-corrected chi connectivity index (χ0v) is 12.7. The van der Waals surface area contributed by atoms with Gasteiger partial charge < -0.3 is 10.5 Å². The van der Waals surface area contributed by atoms with E-state index < -0.39 is 0 Å². The molecule has 0 aliphatic carbocycles. The molecule has 0 saturated carbocycles. The minimum atomic E-state index is -0.198. The molecule has 2 aromatic rings. The lowest BCUT2D eigenvalue weighted by atomic mass is 10.1. The zero-order valence-electron chi connectivity index (χ0n) is 9.51. The summed E-state index contributed by atoms with van der Waals surface area (Å²) in [6, 6.07) is 9.59. The third-order valence-electron chi connectivity index (χ3n) is 2.43. The summed E-state index contributed by atoms with van der Waals surface area (Å²) in [5.74, 6) is 0.762. The molecule has 0 bridgehead atoms. The number of ether oxygens (including phenoxy) is 1. The van der Waals surface area contributed by atoms with Crippen LogP contribution >= 0.6 is 31.9 Å². The Kier molecular flexibility index (Phi) is 4.74. The van der Waals surface area contributed by atoms with Crippen LogP contribution in [-0.4, -0.2) is 11.5 Å². The molecule has 1 unspecified atom stereocenters. The SMILES string of the molecule is NCC(Oc1ccc(Br)cc1Br)c1cccnc1. The van der Waals surface area contributed by atoms with E-state index in [1.807, 2.05) is 30.3 Å². The van der Waals surface area contributed by atoms with Crippen LogP contribution in [0.4, 0.5) is 0 Å². The highest BCUT2D eigenvalue weighted by Crippen LogP contribution is 2.31. The molecule has 0 aliphatic rings. The fourth-order valence-corrected chi connectivity index (χ4v) is 2.68. The van der Waals surface area contributed by atoms with Crippen molar-refractivity contribution in [3.63, 3.8) is 0 Å². The summed E-state index contributed by atoms with van der Waals surface area (Å²) in [4.78, 5) is 4.08. The molecule has 0 fully saturated rings. The Balaban J connectivity index is 2.21. The third kappa shape index (κ3) is 3.31. The smallest absolute Gasteiger partial charge is 0.137 e. The molecule has 0 spiro atoms. The maximum Gasteiger partial charge on any atom is 0.137 e. The molecule has 2 rings (SSSR count). The first kappa shape index (κ1) is 13.5. The number of rotatable bonds is 4. The minimum Gasteiger partial charge on any atom is -0.483 e. The van der Waals surface area contributed by atoms with Crippen molar-refractivity contribution in [3.05, 3.63) is 57.2 Å². The van der Waals surface area contributed by atoms with Gasteiger partial charge in [0.1, 0.15) is 11.9 Å². The second-order valence-corrected chi connectivity index (χ2v) is 5.47. The largest absolute Gasteiger partial charge is 0.483 e. The van der Waals surface area contributed by atoms with Crippen LogP contribution in [0.1, 0.15) is 11.7 Å². The lowest BCUT2D eigenvalue weighted by Gasteiger charge is -2.18. The second kappa shape index (κ2) is 6.31. The van der Waals surface area contributed by atoms with E-state index in [9.17, 15) is 0 Å². The minimum absolute atomic E-state index is 0.198. The van der Waals surface area contributed by atoms with Crippen molar-refractivity contribution in [3.8, 4) is 5.75 Å². The molecule has 0 saturated heterocycles. The van der Waals surface area contributed by atoms with Crippen LogP contribution in [0, 0.1) is 0 Å². The number of nitrogens with zero attached hydrogens (tertiary/aromatic N) is 1. The van der Waals surface area contributed by atoms with Gasteiger partial charge in [0.25, 0.3) is 0 Å². The Morgan fingerprint density at radius 3 is 2.72 bits per heavy atom. The first-order valence-electron chi connectivity index (χ1n) is 5.42. The number of halogens is 2. The quantitative estimate of drug-likeness (QED) is 0.891. The van der Waals surface area contributed by atoms with Crippen molar-refractivity contribution in [1.29, 1.82) is 0 Å². The molecule has 1 aromatic heterocycles. The van der Waals surface area contributed by atoms with Crippen LogP contribution in [0.25, 0.3) is 0 Å². The molecule has 94 valence electrons. The van der Waals surface area contributed by atoms with Gasteiger partial charge in [0, 0.05) is 29.0 Å². The molecule has 0 amide bonds. The van der Waals surface area contributed by atoms with E-state index in [-0.39, 0.29) is 6.10 Å². The van der Waals surface area contributed by atoms with Crippen molar-refractivity contribution in [2.75, 3.05) is 6.54 Å². The van der Waals surface area contributed by atoms with E-state index in [0.29, 0.717) is 6.54 Å².